The molecule has 1 heterocycles. The van der Waals surface area contributed by atoms with Crippen LogP contribution >= 0.6 is 15.9 Å². The van der Waals surface area contributed by atoms with Crippen LogP contribution in [0.25, 0.3) is 0 Å². The van der Waals surface area contributed by atoms with Crippen molar-refractivity contribution in [3.8, 4) is 0 Å². The lowest BCUT2D eigenvalue weighted by atomic mass is 10.2. The Kier molecular flexibility index (Phi) is 4.36. The lowest BCUT2D eigenvalue weighted by Gasteiger charge is -2.14. The molecule has 0 fully saturated rings. The zero-order chi connectivity index (χ0) is 12.1. The molecule has 0 radical (unpaired) electrons. The van der Waals surface area contributed by atoms with Crippen LogP contribution in [-0.4, -0.2) is 11.7 Å². The fraction of sp³-hybridized carbons (Fsp3) is 0.231. The average molecular weight is 296 g/mol. The maximum Gasteiger partial charge on any atom is 0.123 e. The standard InChI is InChI=1S/C13H14BrNO2/c14-11-5-2-1-4-10(11)8-15-12(9-16)13-6-3-7-17-13/h1-7,12,15-16H,8-9H2. The van der Waals surface area contributed by atoms with Crippen molar-refractivity contribution in [2.75, 3.05) is 6.61 Å². The van der Waals surface area contributed by atoms with E-state index in [2.05, 4.69) is 21.2 Å². The Hall–Kier alpha value is -1.10. The van der Waals surface area contributed by atoms with Gasteiger partial charge in [0.15, 0.2) is 0 Å². The second-order valence-electron chi connectivity index (χ2n) is 3.72. The lowest BCUT2D eigenvalue weighted by Crippen LogP contribution is -2.23. The highest BCUT2D eigenvalue weighted by Gasteiger charge is 2.12. The van der Waals surface area contributed by atoms with Crippen LogP contribution in [0.5, 0.6) is 0 Å². The van der Waals surface area contributed by atoms with Crippen LogP contribution in [0.1, 0.15) is 17.4 Å². The summed E-state index contributed by atoms with van der Waals surface area (Å²) in [7, 11) is 0. The molecular weight excluding hydrogens is 282 g/mol. The maximum absolute atomic E-state index is 9.31. The van der Waals surface area contributed by atoms with E-state index in [0.717, 1.165) is 15.8 Å². The van der Waals surface area contributed by atoms with Crippen molar-refractivity contribution < 1.29 is 9.52 Å². The Morgan fingerprint density at radius 1 is 1.24 bits per heavy atom. The molecule has 0 aliphatic rings. The van der Waals surface area contributed by atoms with Crippen molar-refractivity contribution in [3.63, 3.8) is 0 Å². The van der Waals surface area contributed by atoms with E-state index < -0.39 is 0 Å². The first-order valence-corrected chi connectivity index (χ1v) is 6.21. The number of nitrogens with one attached hydrogen (secondary N) is 1. The largest absolute Gasteiger partial charge is 0.468 e. The molecule has 0 saturated heterocycles. The van der Waals surface area contributed by atoms with Crippen LogP contribution in [0.15, 0.2) is 51.6 Å². The van der Waals surface area contributed by atoms with Gasteiger partial charge < -0.3 is 14.8 Å². The smallest absolute Gasteiger partial charge is 0.123 e. The molecule has 1 unspecified atom stereocenters. The maximum atomic E-state index is 9.31. The van der Waals surface area contributed by atoms with Crippen LogP contribution < -0.4 is 5.32 Å². The van der Waals surface area contributed by atoms with Crippen LogP contribution in [0.3, 0.4) is 0 Å². The topological polar surface area (TPSA) is 45.4 Å². The predicted octanol–water partition coefficient (Wildman–Crippen LogP) is 2.87. The fourth-order valence-corrected chi connectivity index (χ4v) is 2.04. The molecule has 17 heavy (non-hydrogen) atoms. The predicted molar refractivity (Wildman–Crippen MR) is 69.5 cm³/mol. The van der Waals surface area contributed by atoms with Crippen molar-refractivity contribution >= 4 is 15.9 Å². The minimum absolute atomic E-state index is 0.0119. The zero-order valence-electron chi connectivity index (χ0n) is 9.27. The summed E-state index contributed by atoms with van der Waals surface area (Å²) >= 11 is 3.49. The van der Waals surface area contributed by atoms with E-state index >= 15 is 0 Å². The van der Waals surface area contributed by atoms with Crippen molar-refractivity contribution in [3.05, 3.63) is 58.5 Å². The van der Waals surface area contributed by atoms with Gasteiger partial charge in [-0.25, -0.2) is 0 Å². The number of halogens is 1. The van der Waals surface area contributed by atoms with Gasteiger partial charge in [0.25, 0.3) is 0 Å². The van der Waals surface area contributed by atoms with Gasteiger partial charge in [0.05, 0.1) is 18.9 Å². The van der Waals surface area contributed by atoms with E-state index in [0.29, 0.717) is 6.54 Å². The van der Waals surface area contributed by atoms with Gasteiger partial charge in [-0.1, -0.05) is 34.1 Å². The Morgan fingerprint density at radius 2 is 2.06 bits per heavy atom. The lowest BCUT2D eigenvalue weighted by molar-refractivity contribution is 0.225. The monoisotopic (exact) mass is 295 g/mol. The number of furan rings is 1. The highest BCUT2D eigenvalue weighted by molar-refractivity contribution is 9.10. The molecule has 1 aromatic heterocycles. The van der Waals surface area contributed by atoms with Gasteiger partial charge in [0.2, 0.25) is 0 Å². The van der Waals surface area contributed by atoms with E-state index in [4.69, 9.17) is 4.42 Å². The summed E-state index contributed by atoms with van der Waals surface area (Å²) in [6, 6.07) is 11.5. The molecule has 0 bridgehead atoms. The van der Waals surface area contributed by atoms with Gasteiger partial charge in [0, 0.05) is 11.0 Å². The van der Waals surface area contributed by atoms with Gasteiger partial charge in [-0.2, -0.15) is 0 Å². The van der Waals surface area contributed by atoms with E-state index in [1.807, 2.05) is 36.4 Å². The van der Waals surface area contributed by atoms with Crippen LogP contribution in [0, 0.1) is 0 Å². The Balaban J connectivity index is 2.00. The number of hydrogen-bond donors (Lipinski definition) is 2. The Labute approximate surface area is 109 Å². The molecule has 0 aliphatic carbocycles. The van der Waals surface area contributed by atoms with E-state index in [-0.39, 0.29) is 12.6 Å². The molecule has 1 aromatic carbocycles. The van der Waals surface area contributed by atoms with Crippen LogP contribution in [0.4, 0.5) is 0 Å². The highest BCUT2D eigenvalue weighted by atomic mass is 79.9. The zero-order valence-corrected chi connectivity index (χ0v) is 10.9. The molecule has 0 aliphatic heterocycles. The molecule has 4 heteroatoms. The Bertz CT molecular complexity index is 456. The molecule has 2 rings (SSSR count). The molecule has 3 nitrogen and oxygen atoms in total. The average Bonchev–Trinajstić information content (AvgIpc) is 2.86. The number of aliphatic hydroxyl groups excluding tert-OH is 1. The number of aliphatic hydroxyl groups is 1. The Morgan fingerprint density at radius 3 is 2.71 bits per heavy atom. The number of benzene rings is 1. The fourth-order valence-electron chi connectivity index (χ4n) is 1.62. The molecule has 1 atom stereocenters. The number of rotatable bonds is 5. The first kappa shape index (κ1) is 12.4. The van der Waals surface area contributed by atoms with Crippen molar-refractivity contribution in [2.24, 2.45) is 0 Å². The summed E-state index contributed by atoms with van der Waals surface area (Å²) in [5.74, 6) is 0.750. The minimum atomic E-state index is -0.169. The minimum Gasteiger partial charge on any atom is -0.468 e. The molecular formula is C13H14BrNO2. The quantitative estimate of drug-likeness (QED) is 0.892. The van der Waals surface area contributed by atoms with E-state index in [9.17, 15) is 5.11 Å². The van der Waals surface area contributed by atoms with E-state index in [1.165, 1.54) is 0 Å². The molecule has 2 N–H and O–H groups in total. The molecule has 0 saturated carbocycles. The van der Waals surface area contributed by atoms with Gasteiger partial charge in [-0.3, -0.25) is 0 Å². The second kappa shape index (κ2) is 6.00. The molecule has 2 aromatic rings. The van der Waals surface area contributed by atoms with Crippen LogP contribution in [-0.2, 0) is 6.54 Å². The highest BCUT2D eigenvalue weighted by Crippen LogP contribution is 2.18. The van der Waals surface area contributed by atoms with Gasteiger partial charge in [-0.05, 0) is 23.8 Å². The van der Waals surface area contributed by atoms with Crippen LogP contribution in [0.2, 0.25) is 0 Å². The third-order valence-electron chi connectivity index (χ3n) is 2.57. The summed E-state index contributed by atoms with van der Waals surface area (Å²) in [5, 5.41) is 12.6. The van der Waals surface area contributed by atoms with E-state index in [1.54, 1.807) is 6.26 Å². The van der Waals surface area contributed by atoms with Gasteiger partial charge in [0.1, 0.15) is 5.76 Å². The summed E-state index contributed by atoms with van der Waals surface area (Å²) < 4.78 is 6.33. The first-order valence-electron chi connectivity index (χ1n) is 5.42. The van der Waals surface area contributed by atoms with Crippen molar-refractivity contribution in [2.45, 2.75) is 12.6 Å². The van der Waals surface area contributed by atoms with Crippen molar-refractivity contribution in [1.29, 1.82) is 0 Å². The van der Waals surface area contributed by atoms with Gasteiger partial charge in [-0.15, -0.1) is 0 Å². The van der Waals surface area contributed by atoms with Gasteiger partial charge >= 0.3 is 0 Å². The number of hydrogen-bond acceptors (Lipinski definition) is 3. The summed E-state index contributed by atoms with van der Waals surface area (Å²) in [4.78, 5) is 0. The molecule has 0 spiro atoms. The normalized spacial score (nSPS) is 12.6. The third kappa shape index (κ3) is 3.19. The summed E-state index contributed by atoms with van der Waals surface area (Å²) in [5.41, 5.74) is 1.15. The molecule has 90 valence electrons. The third-order valence-corrected chi connectivity index (χ3v) is 3.34. The second-order valence-corrected chi connectivity index (χ2v) is 4.58. The first-order chi connectivity index (χ1) is 8.31. The summed E-state index contributed by atoms with van der Waals surface area (Å²) in [6.07, 6.45) is 1.61. The molecule has 0 amide bonds. The SMILES string of the molecule is OCC(NCc1ccccc1Br)c1ccco1. The summed E-state index contributed by atoms with van der Waals surface area (Å²) in [6.45, 7) is 0.686. The van der Waals surface area contributed by atoms with Crippen molar-refractivity contribution in [1.82, 2.24) is 5.32 Å².